The molecule has 2 heteroatoms. The van der Waals surface area contributed by atoms with Crippen LogP contribution in [0.3, 0.4) is 0 Å². The van der Waals surface area contributed by atoms with Crippen molar-refractivity contribution in [1.82, 2.24) is 10.6 Å². The van der Waals surface area contributed by atoms with Crippen LogP contribution >= 0.6 is 0 Å². The van der Waals surface area contributed by atoms with Gasteiger partial charge in [-0.1, -0.05) is 24.3 Å². The summed E-state index contributed by atoms with van der Waals surface area (Å²) in [4.78, 5) is 0. The third-order valence-electron chi connectivity index (χ3n) is 3.93. The van der Waals surface area contributed by atoms with E-state index in [-0.39, 0.29) is 11.1 Å². The van der Waals surface area contributed by atoms with E-state index in [1.807, 2.05) is 0 Å². The standard InChI is InChI=1S/C18H26N2/c1-17(2,3)19-15-13-11-9-7-8-10-12(11)14(13)16(15)20-18(4,5)6/h7-10,13-14,19-20H,1-6H3. The number of nitrogens with one attached hydrogen (secondary N) is 2. The summed E-state index contributed by atoms with van der Waals surface area (Å²) in [5.41, 5.74) is 6.02. The molecule has 0 amide bonds. The zero-order valence-corrected chi connectivity index (χ0v) is 13.5. The zero-order valence-electron chi connectivity index (χ0n) is 13.5. The van der Waals surface area contributed by atoms with Gasteiger partial charge in [0.1, 0.15) is 0 Å². The van der Waals surface area contributed by atoms with E-state index in [9.17, 15) is 0 Å². The molecule has 0 heterocycles. The highest BCUT2D eigenvalue weighted by atomic mass is 15.1. The summed E-state index contributed by atoms with van der Waals surface area (Å²) in [6.07, 6.45) is 0. The Labute approximate surface area is 122 Å². The van der Waals surface area contributed by atoms with Crippen molar-refractivity contribution in [1.29, 1.82) is 0 Å². The average molecular weight is 270 g/mol. The second-order valence-electron chi connectivity index (χ2n) is 8.16. The van der Waals surface area contributed by atoms with Crippen LogP contribution in [0.2, 0.25) is 0 Å². The van der Waals surface area contributed by atoms with E-state index in [2.05, 4.69) is 76.4 Å². The number of hydrogen-bond acceptors (Lipinski definition) is 2. The van der Waals surface area contributed by atoms with Crippen molar-refractivity contribution in [2.75, 3.05) is 0 Å². The summed E-state index contributed by atoms with van der Waals surface area (Å²) >= 11 is 0. The normalized spacial score (nSPS) is 24.3. The Hall–Kier alpha value is -1.44. The third-order valence-corrected chi connectivity index (χ3v) is 3.93. The van der Waals surface area contributed by atoms with Crippen molar-refractivity contribution in [3.8, 4) is 0 Å². The van der Waals surface area contributed by atoms with Crippen LogP contribution < -0.4 is 10.6 Å². The molecule has 0 spiro atoms. The van der Waals surface area contributed by atoms with Crippen LogP contribution in [-0.4, -0.2) is 11.1 Å². The van der Waals surface area contributed by atoms with Gasteiger partial charge in [-0.3, -0.25) is 0 Å². The predicted molar refractivity (Wildman–Crippen MR) is 84.7 cm³/mol. The summed E-state index contributed by atoms with van der Waals surface area (Å²) in [6, 6.07) is 8.85. The van der Waals surface area contributed by atoms with Gasteiger partial charge in [0.25, 0.3) is 0 Å². The van der Waals surface area contributed by atoms with Crippen LogP contribution in [0.1, 0.15) is 64.5 Å². The largest absolute Gasteiger partial charge is 0.382 e. The van der Waals surface area contributed by atoms with Gasteiger partial charge in [0.05, 0.1) is 0 Å². The molecule has 3 rings (SSSR count). The Morgan fingerprint density at radius 2 is 1.05 bits per heavy atom. The van der Waals surface area contributed by atoms with E-state index in [0.717, 1.165) is 0 Å². The van der Waals surface area contributed by atoms with E-state index in [1.54, 1.807) is 0 Å². The second-order valence-corrected chi connectivity index (χ2v) is 8.16. The van der Waals surface area contributed by atoms with Crippen LogP contribution in [-0.2, 0) is 0 Å². The molecule has 0 saturated carbocycles. The molecule has 1 aromatic rings. The minimum Gasteiger partial charge on any atom is -0.382 e. The molecule has 2 N–H and O–H groups in total. The zero-order chi connectivity index (χ0) is 14.7. The molecule has 0 aromatic heterocycles. The maximum absolute atomic E-state index is 3.72. The number of rotatable bonds is 2. The summed E-state index contributed by atoms with van der Waals surface area (Å²) in [5, 5.41) is 7.44. The van der Waals surface area contributed by atoms with Gasteiger partial charge in [0.2, 0.25) is 0 Å². The van der Waals surface area contributed by atoms with Crippen molar-refractivity contribution >= 4 is 0 Å². The number of hydrogen-bond donors (Lipinski definition) is 2. The van der Waals surface area contributed by atoms with Gasteiger partial charge in [-0.15, -0.1) is 0 Å². The summed E-state index contributed by atoms with van der Waals surface area (Å²) in [7, 11) is 0. The van der Waals surface area contributed by atoms with E-state index < -0.39 is 0 Å². The molecule has 0 radical (unpaired) electrons. The molecule has 2 atom stereocenters. The maximum Gasteiger partial charge on any atom is 0.0396 e. The highest BCUT2D eigenvalue weighted by Gasteiger charge is 2.52. The fourth-order valence-electron chi connectivity index (χ4n) is 3.32. The topological polar surface area (TPSA) is 24.1 Å². The molecule has 2 aliphatic rings. The number of fused-ring (bicyclic) bond motifs is 4. The Kier molecular flexibility index (Phi) is 2.73. The Morgan fingerprint density at radius 1 is 0.700 bits per heavy atom. The van der Waals surface area contributed by atoms with E-state index in [0.29, 0.717) is 11.8 Å². The second kappa shape index (κ2) is 4.03. The predicted octanol–water partition coefficient (Wildman–Crippen LogP) is 3.87. The smallest absolute Gasteiger partial charge is 0.0396 e. The lowest BCUT2D eigenvalue weighted by Gasteiger charge is -2.54. The third kappa shape index (κ3) is 2.11. The fraction of sp³-hybridized carbons (Fsp3) is 0.556. The van der Waals surface area contributed by atoms with Crippen LogP contribution in [0.25, 0.3) is 0 Å². The minimum atomic E-state index is 0.107. The molecule has 2 unspecified atom stereocenters. The Bertz CT molecular complexity index is 519. The monoisotopic (exact) mass is 270 g/mol. The molecule has 0 aliphatic heterocycles. The van der Waals surface area contributed by atoms with Crippen LogP contribution in [0.4, 0.5) is 0 Å². The quantitative estimate of drug-likeness (QED) is 0.852. The first-order valence-corrected chi connectivity index (χ1v) is 7.57. The van der Waals surface area contributed by atoms with Gasteiger partial charge < -0.3 is 10.6 Å². The molecule has 0 saturated heterocycles. The lowest BCUT2D eigenvalue weighted by atomic mass is 9.56. The molecular formula is C18H26N2. The van der Waals surface area contributed by atoms with Gasteiger partial charge >= 0.3 is 0 Å². The van der Waals surface area contributed by atoms with Crippen LogP contribution in [0.5, 0.6) is 0 Å². The van der Waals surface area contributed by atoms with Crippen molar-refractivity contribution in [2.45, 2.75) is 64.5 Å². The molecule has 20 heavy (non-hydrogen) atoms. The van der Waals surface area contributed by atoms with Gasteiger partial charge in [0.15, 0.2) is 0 Å². The Morgan fingerprint density at radius 3 is 1.35 bits per heavy atom. The molecule has 0 fully saturated rings. The Balaban J connectivity index is 1.94. The highest BCUT2D eigenvalue weighted by molar-refractivity contribution is 5.62. The maximum atomic E-state index is 3.72. The van der Waals surface area contributed by atoms with Crippen molar-refractivity contribution in [3.05, 3.63) is 46.8 Å². The molecule has 108 valence electrons. The molecular weight excluding hydrogens is 244 g/mol. The summed E-state index contributed by atoms with van der Waals surface area (Å²) in [5.74, 6) is 1.16. The van der Waals surface area contributed by atoms with Crippen LogP contribution in [0.15, 0.2) is 35.7 Å². The van der Waals surface area contributed by atoms with Gasteiger partial charge in [-0.05, 0) is 52.7 Å². The van der Waals surface area contributed by atoms with E-state index in [1.165, 1.54) is 22.5 Å². The highest BCUT2D eigenvalue weighted by Crippen LogP contribution is 2.61. The molecule has 2 aliphatic carbocycles. The first kappa shape index (κ1) is 13.5. The fourth-order valence-corrected chi connectivity index (χ4v) is 3.32. The number of benzene rings is 1. The lowest BCUT2D eigenvalue weighted by molar-refractivity contribution is 0.337. The molecule has 0 bridgehead atoms. The minimum absolute atomic E-state index is 0.107. The van der Waals surface area contributed by atoms with Gasteiger partial charge in [0, 0.05) is 34.3 Å². The number of allylic oxidation sites excluding steroid dienone is 2. The van der Waals surface area contributed by atoms with E-state index in [4.69, 9.17) is 0 Å². The average Bonchev–Trinajstić information content (AvgIpc) is 2.24. The van der Waals surface area contributed by atoms with Gasteiger partial charge in [-0.25, -0.2) is 0 Å². The van der Waals surface area contributed by atoms with Crippen LogP contribution in [0, 0.1) is 0 Å². The van der Waals surface area contributed by atoms with Crippen molar-refractivity contribution < 1.29 is 0 Å². The lowest BCUT2D eigenvalue weighted by Crippen LogP contribution is -2.53. The summed E-state index contributed by atoms with van der Waals surface area (Å²) < 4.78 is 0. The first-order valence-electron chi connectivity index (χ1n) is 7.57. The summed E-state index contributed by atoms with van der Waals surface area (Å²) in [6.45, 7) is 13.4. The SMILES string of the molecule is CC(C)(C)NC1=C(NC(C)(C)C)C2c3ccccc3C12. The molecule has 1 aromatic carbocycles. The first-order chi connectivity index (χ1) is 9.17. The molecule has 2 nitrogen and oxygen atoms in total. The van der Waals surface area contributed by atoms with Crippen molar-refractivity contribution in [3.63, 3.8) is 0 Å². The van der Waals surface area contributed by atoms with Crippen molar-refractivity contribution in [2.24, 2.45) is 0 Å². The van der Waals surface area contributed by atoms with Gasteiger partial charge in [-0.2, -0.15) is 0 Å². The van der Waals surface area contributed by atoms with E-state index >= 15 is 0 Å².